The van der Waals surface area contributed by atoms with Crippen molar-refractivity contribution in [1.82, 2.24) is 19.3 Å². The van der Waals surface area contributed by atoms with Crippen LogP contribution < -0.4 is 4.74 Å². The number of alkyl halides is 3. The largest absolute Gasteiger partial charge is 0.476 e. The number of hydrogen-bond donors (Lipinski definition) is 1. The molecule has 2 unspecified atom stereocenters. The summed E-state index contributed by atoms with van der Waals surface area (Å²) in [6, 6.07) is 1.25. The van der Waals surface area contributed by atoms with Crippen molar-refractivity contribution < 1.29 is 31.4 Å². The summed E-state index contributed by atoms with van der Waals surface area (Å²) in [7, 11) is -2.99. The number of halogens is 3. The zero-order valence-corrected chi connectivity index (χ0v) is 18.5. The van der Waals surface area contributed by atoms with Crippen LogP contribution in [0.2, 0.25) is 0 Å². The highest BCUT2D eigenvalue weighted by Gasteiger charge is 2.55. The van der Waals surface area contributed by atoms with E-state index in [1.807, 2.05) is 0 Å². The number of aliphatic hydroxyl groups is 1. The highest BCUT2D eigenvalue weighted by atomic mass is 32.2. The lowest BCUT2D eigenvalue weighted by molar-refractivity contribution is -0.262. The van der Waals surface area contributed by atoms with Gasteiger partial charge in [0.2, 0.25) is 11.5 Å². The molecule has 0 aliphatic carbocycles. The molecule has 32 heavy (non-hydrogen) atoms. The second-order valence-electron chi connectivity index (χ2n) is 9.36. The second kappa shape index (κ2) is 6.96. The van der Waals surface area contributed by atoms with E-state index in [4.69, 9.17) is 4.74 Å². The third kappa shape index (κ3) is 3.17. The van der Waals surface area contributed by atoms with Gasteiger partial charge in [0, 0.05) is 6.07 Å². The number of imidazole rings is 1. The zero-order valence-electron chi connectivity index (χ0n) is 17.7. The Kier molecular flexibility index (Phi) is 4.73. The van der Waals surface area contributed by atoms with Gasteiger partial charge in [-0.1, -0.05) is 0 Å². The molecule has 0 saturated carbocycles. The standard InChI is InChI=1S/C20H25F3N4O4S/c1-11-9-26-15(16-8-24-18(27(11)16)19(2,28)20(21,22)23)7-17(25-26)31-10-12-5-13-3-4-14(6-12)32(13,29)30/h7-8,11-14,28H,3-6,9-10H2,1-2H3/t11-,12?,13?,14?,19+/m0/s1. The highest BCUT2D eigenvalue weighted by molar-refractivity contribution is 7.93. The summed E-state index contributed by atoms with van der Waals surface area (Å²) >= 11 is 0. The van der Waals surface area contributed by atoms with Gasteiger partial charge < -0.3 is 14.4 Å². The predicted octanol–water partition coefficient (Wildman–Crippen LogP) is 2.83. The molecule has 2 saturated heterocycles. The molecule has 3 aliphatic rings. The first-order chi connectivity index (χ1) is 14.9. The van der Waals surface area contributed by atoms with Crippen molar-refractivity contribution in [2.45, 2.75) is 74.4 Å². The summed E-state index contributed by atoms with van der Waals surface area (Å²) in [6.45, 7) is 3.09. The van der Waals surface area contributed by atoms with Crippen molar-refractivity contribution in [3.63, 3.8) is 0 Å². The van der Waals surface area contributed by atoms with Crippen LogP contribution in [0.25, 0.3) is 11.4 Å². The Labute approximate surface area is 183 Å². The van der Waals surface area contributed by atoms with Crippen molar-refractivity contribution in [3.8, 4) is 17.3 Å². The highest BCUT2D eigenvalue weighted by Crippen LogP contribution is 2.43. The third-order valence-corrected chi connectivity index (χ3v) is 9.80. The van der Waals surface area contributed by atoms with E-state index in [0.717, 1.165) is 0 Å². The second-order valence-corrected chi connectivity index (χ2v) is 11.9. The Morgan fingerprint density at radius 2 is 1.88 bits per heavy atom. The van der Waals surface area contributed by atoms with E-state index in [2.05, 4.69) is 10.1 Å². The summed E-state index contributed by atoms with van der Waals surface area (Å²) in [6.07, 6.45) is -0.944. The lowest BCUT2D eigenvalue weighted by Gasteiger charge is -2.31. The molecule has 8 nitrogen and oxygen atoms in total. The summed E-state index contributed by atoms with van der Waals surface area (Å²) in [5.74, 6) is 0.0146. The van der Waals surface area contributed by atoms with Crippen LogP contribution in [0.5, 0.6) is 5.88 Å². The molecular formula is C20H25F3N4O4S. The lowest BCUT2D eigenvalue weighted by Crippen LogP contribution is -2.42. The minimum atomic E-state index is -4.87. The molecule has 1 N–H and O–H groups in total. The smallest absolute Gasteiger partial charge is 0.424 e. The van der Waals surface area contributed by atoms with E-state index in [1.165, 1.54) is 10.8 Å². The molecule has 0 radical (unpaired) electrons. The summed E-state index contributed by atoms with van der Waals surface area (Å²) in [4.78, 5) is 3.91. The molecule has 0 spiro atoms. The fraction of sp³-hybridized carbons (Fsp3) is 0.700. The number of hydrogen-bond acceptors (Lipinski definition) is 6. The predicted molar refractivity (Wildman–Crippen MR) is 108 cm³/mol. The third-order valence-electron chi connectivity index (χ3n) is 7.08. The van der Waals surface area contributed by atoms with Crippen LogP contribution in [0, 0.1) is 5.92 Å². The SMILES string of the molecule is C[C@H]1Cn2nc(OCC3CC4CCC(C3)S4(=O)=O)cc2-c2cnc([C@@](C)(O)C(F)(F)F)n21. The monoisotopic (exact) mass is 474 g/mol. The van der Waals surface area contributed by atoms with Gasteiger partial charge in [-0.25, -0.2) is 13.4 Å². The molecule has 2 aromatic heterocycles. The van der Waals surface area contributed by atoms with E-state index in [9.17, 15) is 26.7 Å². The number of nitrogens with zero attached hydrogens (tertiary/aromatic N) is 4. The number of ether oxygens (including phenoxy) is 1. The molecule has 5 heterocycles. The summed E-state index contributed by atoms with van der Waals surface area (Å²) in [5, 5.41) is 14.0. The Hall–Kier alpha value is -2.08. The van der Waals surface area contributed by atoms with Gasteiger partial charge in [0.1, 0.15) is 0 Å². The van der Waals surface area contributed by atoms with E-state index in [-0.39, 0.29) is 16.4 Å². The van der Waals surface area contributed by atoms with Crippen molar-refractivity contribution in [2.75, 3.05) is 6.61 Å². The number of aromatic nitrogens is 4. The van der Waals surface area contributed by atoms with Gasteiger partial charge in [0.15, 0.2) is 15.7 Å². The Bertz CT molecular complexity index is 1130. The molecule has 4 atom stereocenters. The summed E-state index contributed by atoms with van der Waals surface area (Å²) < 4.78 is 73.7. The molecule has 176 valence electrons. The van der Waals surface area contributed by atoms with Gasteiger partial charge in [-0.15, -0.1) is 5.10 Å². The van der Waals surface area contributed by atoms with Crippen LogP contribution in [-0.2, 0) is 22.0 Å². The van der Waals surface area contributed by atoms with Gasteiger partial charge in [-0.05, 0) is 45.4 Å². The first-order valence-electron chi connectivity index (χ1n) is 10.7. The molecule has 12 heteroatoms. The van der Waals surface area contributed by atoms with Gasteiger partial charge >= 0.3 is 6.18 Å². The first kappa shape index (κ1) is 21.7. The fourth-order valence-electron chi connectivity index (χ4n) is 5.28. The van der Waals surface area contributed by atoms with Gasteiger partial charge in [0.25, 0.3) is 0 Å². The van der Waals surface area contributed by atoms with E-state index >= 15 is 0 Å². The minimum absolute atomic E-state index is 0.132. The Morgan fingerprint density at radius 3 is 2.50 bits per heavy atom. The average molecular weight is 475 g/mol. The fourth-order valence-corrected chi connectivity index (χ4v) is 7.83. The molecule has 2 fully saturated rings. The lowest BCUT2D eigenvalue weighted by atomic mass is 10.0. The molecule has 2 aromatic rings. The van der Waals surface area contributed by atoms with Crippen molar-refractivity contribution in [2.24, 2.45) is 5.92 Å². The van der Waals surface area contributed by atoms with Crippen LogP contribution in [-0.4, -0.2) is 56.1 Å². The normalized spacial score (nSPS) is 30.4. The minimum Gasteiger partial charge on any atom is -0.476 e. The molecule has 2 bridgehead atoms. The van der Waals surface area contributed by atoms with Crippen molar-refractivity contribution in [1.29, 1.82) is 0 Å². The average Bonchev–Trinajstić information content (AvgIpc) is 3.31. The van der Waals surface area contributed by atoms with Crippen molar-refractivity contribution >= 4 is 9.84 Å². The molecular weight excluding hydrogens is 449 g/mol. The summed E-state index contributed by atoms with van der Waals surface area (Å²) in [5.41, 5.74) is -2.10. The van der Waals surface area contributed by atoms with Crippen LogP contribution in [0.4, 0.5) is 13.2 Å². The van der Waals surface area contributed by atoms with E-state index < -0.39 is 33.5 Å². The first-order valence-corrected chi connectivity index (χ1v) is 12.3. The zero-order chi connectivity index (χ0) is 23.1. The Morgan fingerprint density at radius 1 is 1.22 bits per heavy atom. The number of fused-ring (bicyclic) bond motifs is 5. The Balaban J connectivity index is 1.36. The number of sulfone groups is 1. The maximum Gasteiger partial charge on any atom is 0.424 e. The van der Waals surface area contributed by atoms with Gasteiger partial charge in [0.05, 0.1) is 47.3 Å². The van der Waals surface area contributed by atoms with Crippen LogP contribution in [0.15, 0.2) is 12.3 Å². The van der Waals surface area contributed by atoms with Gasteiger partial charge in [-0.2, -0.15) is 13.2 Å². The van der Waals surface area contributed by atoms with Crippen molar-refractivity contribution in [3.05, 3.63) is 18.1 Å². The topological polar surface area (TPSA) is 99.2 Å². The maximum absolute atomic E-state index is 13.4. The van der Waals surface area contributed by atoms with E-state index in [1.54, 1.807) is 17.7 Å². The van der Waals surface area contributed by atoms with Gasteiger partial charge in [-0.3, -0.25) is 4.68 Å². The van der Waals surface area contributed by atoms with Crippen LogP contribution >= 0.6 is 0 Å². The maximum atomic E-state index is 13.4. The van der Waals surface area contributed by atoms with Crippen LogP contribution in [0.3, 0.4) is 0 Å². The van der Waals surface area contributed by atoms with Crippen LogP contribution in [0.1, 0.15) is 51.4 Å². The van der Waals surface area contributed by atoms with E-state index in [0.29, 0.717) is 63.0 Å². The molecule has 3 aliphatic heterocycles. The quantitative estimate of drug-likeness (QED) is 0.732. The molecule has 0 aromatic carbocycles. The number of rotatable bonds is 4. The molecule has 0 amide bonds. The molecule has 5 rings (SSSR count).